The Morgan fingerprint density at radius 1 is 1.19 bits per heavy atom. The van der Waals surface area contributed by atoms with E-state index in [1.165, 1.54) is 20.3 Å². The number of aliphatic hydroxyl groups excluding tert-OH is 2. The van der Waals surface area contributed by atoms with Gasteiger partial charge in [0.1, 0.15) is 17.3 Å². The summed E-state index contributed by atoms with van der Waals surface area (Å²) in [4.78, 5) is 13.0. The van der Waals surface area contributed by atoms with Gasteiger partial charge in [-0.05, 0) is 25.1 Å². The first-order valence-electron chi connectivity index (χ1n) is 8.49. The fourth-order valence-electron chi connectivity index (χ4n) is 3.72. The van der Waals surface area contributed by atoms with E-state index in [1.807, 2.05) is 0 Å². The second kappa shape index (κ2) is 6.48. The van der Waals surface area contributed by atoms with Gasteiger partial charge in [0, 0.05) is 12.0 Å². The summed E-state index contributed by atoms with van der Waals surface area (Å²) in [6.45, 7) is 3.49. The predicted octanol–water partition coefficient (Wildman–Crippen LogP) is 1.49. The maximum atomic E-state index is 13.0. The van der Waals surface area contributed by atoms with Crippen LogP contribution in [0.1, 0.15) is 25.8 Å². The normalized spacial score (nSPS) is 33.8. The lowest BCUT2D eigenvalue weighted by Crippen LogP contribution is -2.51. The lowest BCUT2D eigenvalue weighted by Gasteiger charge is -2.46. The van der Waals surface area contributed by atoms with Gasteiger partial charge in [-0.1, -0.05) is 6.92 Å². The molecule has 5 atom stereocenters. The first-order chi connectivity index (χ1) is 12.2. The lowest BCUT2D eigenvalue weighted by atomic mass is 9.71. The van der Waals surface area contributed by atoms with Crippen molar-refractivity contribution in [2.45, 2.75) is 38.1 Å². The number of hydrogen-bond acceptors (Lipinski definition) is 7. The second-order valence-electron chi connectivity index (χ2n) is 6.98. The van der Waals surface area contributed by atoms with Crippen molar-refractivity contribution in [1.29, 1.82) is 0 Å². The van der Waals surface area contributed by atoms with E-state index < -0.39 is 29.6 Å². The van der Waals surface area contributed by atoms with E-state index in [1.54, 1.807) is 26.0 Å². The van der Waals surface area contributed by atoms with E-state index in [-0.39, 0.29) is 35.2 Å². The van der Waals surface area contributed by atoms with Gasteiger partial charge in [-0.15, -0.1) is 0 Å². The molecular formula is C19H24O7. The van der Waals surface area contributed by atoms with Crippen LogP contribution in [0.4, 0.5) is 0 Å². The summed E-state index contributed by atoms with van der Waals surface area (Å²) in [5, 5.41) is 30.3. The van der Waals surface area contributed by atoms with Crippen LogP contribution in [0, 0.1) is 11.8 Å². The third-order valence-corrected chi connectivity index (χ3v) is 5.47. The first-order valence-corrected chi connectivity index (χ1v) is 8.49. The number of ketones is 1. The zero-order valence-corrected chi connectivity index (χ0v) is 15.2. The average Bonchev–Trinajstić information content (AvgIpc) is 2.59. The summed E-state index contributed by atoms with van der Waals surface area (Å²) in [6, 6.07) is 3.19. The minimum Gasteiger partial charge on any atom is -0.502 e. The van der Waals surface area contributed by atoms with Gasteiger partial charge in [-0.2, -0.15) is 0 Å². The number of rotatable bonds is 3. The van der Waals surface area contributed by atoms with Gasteiger partial charge in [0.05, 0.1) is 32.3 Å². The van der Waals surface area contributed by atoms with Crippen molar-refractivity contribution in [3.63, 3.8) is 0 Å². The highest BCUT2D eigenvalue weighted by Crippen LogP contribution is 2.49. The Labute approximate surface area is 151 Å². The van der Waals surface area contributed by atoms with Crippen molar-refractivity contribution < 1.29 is 34.3 Å². The Kier molecular flexibility index (Phi) is 4.62. The quantitative estimate of drug-likeness (QED) is 0.746. The molecule has 1 aliphatic carbocycles. The number of fused-ring (bicyclic) bond motifs is 1. The lowest BCUT2D eigenvalue weighted by molar-refractivity contribution is -0.158. The van der Waals surface area contributed by atoms with E-state index in [0.717, 1.165) is 0 Å². The molecular weight excluding hydrogens is 340 g/mol. The molecule has 3 N–H and O–H groups in total. The molecule has 1 aromatic rings. The number of phenolic OH excluding ortho intramolecular Hbond substituents is 1. The number of methoxy groups -OCH3 is 2. The first kappa shape index (κ1) is 18.5. The number of ether oxygens (including phenoxy) is 3. The highest BCUT2D eigenvalue weighted by molar-refractivity contribution is 5.88. The van der Waals surface area contributed by atoms with E-state index >= 15 is 0 Å². The van der Waals surface area contributed by atoms with Crippen LogP contribution in [0.5, 0.6) is 17.2 Å². The third-order valence-electron chi connectivity index (χ3n) is 5.47. The van der Waals surface area contributed by atoms with Gasteiger partial charge in [-0.25, -0.2) is 0 Å². The minimum absolute atomic E-state index is 0.105. The molecule has 0 spiro atoms. The van der Waals surface area contributed by atoms with E-state index in [2.05, 4.69) is 0 Å². The largest absolute Gasteiger partial charge is 0.502 e. The molecule has 0 radical (unpaired) electrons. The molecule has 1 heterocycles. The number of phenols is 1. The Hall–Kier alpha value is -2.25. The molecule has 1 aromatic carbocycles. The Morgan fingerprint density at radius 3 is 2.31 bits per heavy atom. The number of Topliss-reactive ketones (excluding diaryl/α,β-unsaturated/α-hetero) is 1. The summed E-state index contributed by atoms with van der Waals surface area (Å²) in [6.07, 6.45) is -0.263. The number of benzene rings is 1. The minimum atomic E-state index is -1.08. The summed E-state index contributed by atoms with van der Waals surface area (Å²) in [5.74, 6) is -0.982. The van der Waals surface area contributed by atoms with Crippen molar-refractivity contribution >= 4 is 5.78 Å². The molecule has 1 fully saturated rings. The molecule has 0 amide bonds. The highest BCUT2D eigenvalue weighted by atomic mass is 16.5. The fourth-order valence-corrected chi connectivity index (χ4v) is 3.72. The van der Waals surface area contributed by atoms with Crippen LogP contribution in [-0.4, -0.2) is 47.5 Å². The summed E-state index contributed by atoms with van der Waals surface area (Å²) < 4.78 is 16.6. The average molecular weight is 364 g/mol. The van der Waals surface area contributed by atoms with Crippen LogP contribution in [0.2, 0.25) is 0 Å². The molecule has 1 saturated heterocycles. The smallest absolute Gasteiger partial charge is 0.200 e. The number of carbonyl (C=O) groups excluding carboxylic acids is 1. The molecule has 142 valence electrons. The van der Waals surface area contributed by atoms with Crippen LogP contribution in [0.3, 0.4) is 0 Å². The predicted molar refractivity (Wildman–Crippen MR) is 92.0 cm³/mol. The van der Waals surface area contributed by atoms with E-state index in [9.17, 15) is 20.1 Å². The molecule has 1 aliphatic heterocycles. The van der Waals surface area contributed by atoms with Gasteiger partial charge in [0.25, 0.3) is 0 Å². The molecule has 5 unspecified atom stereocenters. The molecule has 2 aliphatic rings. The van der Waals surface area contributed by atoms with E-state index in [4.69, 9.17) is 14.2 Å². The van der Waals surface area contributed by atoms with Crippen molar-refractivity contribution in [2.24, 2.45) is 11.8 Å². The van der Waals surface area contributed by atoms with Crippen LogP contribution in [0.15, 0.2) is 24.0 Å². The SMILES string of the molecule is COc1cc(C2(C)OC3=CC(O)CC(O)C3C(=O)C2C)cc(OC)c1O. The standard InChI is InChI=1S/C19H24O7/c1-9-17(22)16-12(21)7-11(20)8-13(16)26-19(9,2)10-5-14(24-3)18(23)15(6-10)25-4/h5-6,8-9,11-12,16,20-21,23H,7H2,1-4H3. The van der Waals surface area contributed by atoms with Crippen molar-refractivity contribution in [3.05, 3.63) is 29.5 Å². The zero-order chi connectivity index (χ0) is 19.2. The van der Waals surface area contributed by atoms with Crippen molar-refractivity contribution in [1.82, 2.24) is 0 Å². The molecule has 0 aromatic heterocycles. The number of aliphatic hydroxyl groups is 2. The number of hydrogen-bond donors (Lipinski definition) is 3. The van der Waals surface area contributed by atoms with E-state index in [0.29, 0.717) is 5.56 Å². The molecule has 0 bridgehead atoms. The Balaban J connectivity index is 2.11. The molecule has 7 heteroatoms. The van der Waals surface area contributed by atoms with Crippen molar-refractivity contribution in [3.8, 4) is 17.2 Å². The Bertz CT molecular complexity index is 731. The monoisotopic (exact) mass is 364 g/mol. The zero-order valence-electron chi connectivity index (χ0n) is 15.2. The van der Waals surface area contributed by atoms with Gasteiger partial charge in [0.2, 0.25) is 5.75 Å². The Morgan fingerprint density at radius 2 is 1.77 bits per heavy atom. The maximum Gasteiger partial charge on any atom is 0.200 e. The van der Waals surface area contributed by atoms with Crippen LogP contribution >= 0.6 is 0 Å². The van der Waals surface area contributed by atoms with Gasteiger partial charge in [0.15, 0.2) is 17.3 Å². The summed E-state index contributed by atoms with van der Waals surface area (Å²) in [7, 11) is 2.84. The summed E-state index contributed by atoms with van der Waals surface area (Å²) >= 11 is 0. The summed E-state index contributed by atoms with van der Waals surface area (Å²) in [5.41, 5.74) is -0.497. The topological polar surface area (TPSA) is 105 Å². The van der Waals surface area contributed by atoms with Crippen molar-refractivity contribution in [2.75, 3.05) is 14.2 Å². The maximum absolute atomic E-state index is 13.0. The second-order valence-corrected chi connectivity index (χ2v) is 6.98. The third kappa shape index (κ3) is 2.71. The molecule has 0 saturated carbocycles. The van der Waals surface area contributed by atoms with Crippen LogP contribution in [0.25, 0.3) is 0 Å². The molecule has 3 rings (SSSR count). The fraction of sp³-hybridized carbons (Fsp3) is 0.526. The number of aromatic hydroxyl groups is 1. The van der Waals surface area contributed by atoms with Crippen LogP contribution in [-0.2, 0) is 15.1 Å². The molecule has 26 heavy (non-hydrogen) atoms. The van der Waals surface area contributed by atoms with Gasteiger partial charge in [-0.3, -0.25) is 4.79 Å². The van der Waals surface area contributed by atoms with Gasteiger partial charge >= 0.3 is 0 Å². The van der Waals surface area contributed by atoms with Gasteiger partial charge < -0.3 is 29.5 Å². The number of carbonyl (C=O) groups is 1. The molecule has 7 nitrogen and oxygen atoms in total. The van der Waals surface area contributed by atoms with Crippen LogP contribution < -0.4 is 9.47 Å². The highest BCUT2D eigenvalue weighted by Gasteiger charge is 2.52.